The fraction of sp³-hybridized carbons (Fsp3) is 0.700. The van der Waals surface area contributed by atoms with Crippen molar-refractivity contribution in [3.8, 4) is 0 Å². The molecule has 3 nitrogen and oxygen atoms in total. The third-order valence-corrected chi connectivity index (χ3v) is 1.84. The number of rotatable bonds is 6. The van der Waals surface area contributed by atoms with Crippen molar-refractivity contribution in [2.75, 3.05) is 13.2 Å². The topological polar surface area (TPSA) is 38.3 Å². The zero-order valence-corrected chi connectivity index (χ0v) is 8.72. The lowest BCUT2D eigenvalue weighted by molar-refractivity contribution is -0.138. The van der Waals surface area contributed by atoms with Crippen molar-refractivity contribution < 1.29 is 9.53 Å². The SMILES string of the molecule is C=C(CNC(C)CC)C(=O)OCC. The zero-order valence-electron chi connectivity index (χ0n) is 8.72. The first-order valence-corrected chi connectivity index (χ1v) is 4.70. The largest absolute Gasteiger partial charge is 0.463 e. The molecule has 0 saturated heterocycles. The molecule has 3 heteroatoms. The second-order valence-electron chi connectivity index (χ2n) is 3.01. The molecule has 1 N–H and O–H groups in total. The Labute approximate surface area is 80.2 Å². The normalized spacial score (nSPS) is 12.2. The number of hydrogen-bond donors (Lipinski definition) is 1. The molecule has 0 spiro atoms. The molecule has 0 aromatic carbocycles. The van der Waals surface area contributed by atoms with E-state index < -0.39 is 0 Å². The first kappa shape index (κ1) is 12.2. The van der Waals surface area contributed by atoms with Crippen LogP contribution in [-0.4, -0.2) is 25.2 Å². The Morgan fingerprint density at radius 1 is 1.54 bits per heavy atom. The Morgan fingerprint density at radius 3 is 2.62 bits per heavy atom. The van der Waals surface area contributed by atoms with Crippen LogP contribution in [0.4, 0.5) is 0 Å². The Bertz CT molecular complexity index is 178. The van der Waals surface area contributed by atoms with Gasteiger partial charge in [-0.2, -0.15) is 0 Å². The minimum absolute atomic E-state index is 0.307. The Hall–Kier alpha value is -0.830. The maximum Gasteiger partial charge on any atom is 0.334 e. The molecule has 0 radical (unpaired) electrons. The summed E-state index contributed by atoms with van der Waals surface area (Å²) in [6.45, 7) is 10.5. The lowest BCUT2D eigenvalue weighted by Crippen LogP contribution is -2.29. The van der Waals surface area contributed by atoms with Gasteiger partial charge in [0.15, 0.2) is 0 Å². The summed E-state index contributed by atoms with van der Waals surface area (Å²) < 4.78 is 4.79. The van der Waals surface area contributed by atoms with Crippen LogP contribution in [0.2, 0.25) is 0 Å². The van der Waals surface area contributed by atoms with Gasteiger partial charge in [0.05, 0.1) is 6.61 Å². The quantitative estimate of drug-likeness (QED) is 0.503. The number of nitrogens with one attached hydrogen (secondary N) is 1. The summed E-state index contributed by atoms with van der Waals surface area (Å²) >= 11 is 0. The average molecular weight is 185 g/mol. The van der Waals surface area contributed by atoms with Crippen molar-refractivity contribution in [3.63, 3.8) is 0 Å². The standard InChI is InChI=1S/C10H19NO2/c1-5-9(4)11-7-8(3)10(12)13-6-2/h9,11H,3,5-7H2,1-2,4H3. The van der Waals surface area contributed by atoms with Crippen molar-refractivity contribution in [1.82, 2.24) is 5.32 Å². The molecular formula is C10H19NO2. The summed E-state index contributed by atoms with van der Waals surface area (Å²) in [6, 6.07) is 0.408. The molecule has 1 unspecified atom stereocenters. The van der Waals surface area contributed by atoms with E-state index >= 15 is 0 Å². The van der Waals surface area contributed by atoms with Crippen LogP contribution in [0.15, 0.2) is 12.2 Å². The van der Waals surface area contributed by atoms with E-state index in [0.717, 1.165) is 6.42 Å². The Balaban J connectivity index is 3.68. The van der Waals surface area contributed by atoms with Crippen LogP contribution in [0.1, 0.15) is 27.2 Å². The third-order valence-electron chi connectivity index (χ3n) is 1.84. The van der Waals surface area contributed by atoms with E-state index in [9.17, 15) is 4.79 Å². The van der Waals surface area contributed by atoms with Crippen LogP contribution >= 0.6 is 0 Å². The summed E-state index contributed by atoms with van der Waals surface area (Å²) in [7, 11) is 0. The van der Waals surface area contributed by atoms with E-state index in [4.69, 9.17) is 4.74 Å². The first-order chi connectivity index (χ1) is 6.11. The summed E-state index contributed by atoms with van der Waals surface area (Å²) in [6.07, 6.45) is 1.04. The zero-order chi connectivity index (χ0) is 10.3. The highest BCUT2D eigenvalue weighted by atomic mass is 16.5. The molecule has 1 atom stereocenters. The Morgan fingerprint density at radius 2 is 2.15 bits per heavy atom. The molecule has 0 bridgehead atoms. The van der Waals surface area contributed by atoms with Crippen LogP contribution in [0.3, 0.4) is 0 Å². The second-order valence-corrected chi connectivity index (χ2v) is 3.01. The van der Waals surface area contributed by atoms with Crippen LogP contribution < -0.4 is 5.32 Å². The number of carbonyl (C=O) groups excluding carboxylic acids is 1. The average Bonchev–Trinajstić information content (AvgIpc) is 2.13. The van der Waals surface area contributed by atoms with E-state index in [1.807, 2.05) is 0 Å². The van der Waals surface area contributed by atoms with Crippen molar-refractivity contribution >= 4 is 5.97 Å². The summed E-state index contributed by atoms with van der Waals surface area (Å²) in [5.41, 5.74) is 0.488. The molecule has 0 heterocycles. The van der Waals surface area contributed by atoms with Crippen molar-refractivity contribution in [2.24, 2.45) is 0 Å². The van der Waals surface area contributed by atoms with E-state index in [1.54, 1.807) is 6.92 Å². The summed E-state index contributed by atoms with van der Waals surface area (Å²) in [5.74, 6) is -0.307. The number of carbonyl (C=O) groups is 1. The van der Waals surface area contributed by atoms with Gasteiger partial charge in [0.2, 0.25) is 0 Å². The van der Waals surface area contributed by atoms with Gasteiger partial charge < -0.3 is 10.1 Å². The fourth-order valence-corrected chi connectivity index (χ4v) is 0.747. The van der Waals surface area contributed by atoms with Crippen molar-refractivity contribution in [1.29, 1.82) is 0 Å². The molecule has 13 heavy (non-hydrogen) atoms. The fourth-order valence-electron chi connectivity index (χ4n) is 0.747. The maximum atomic E-state index is 11.1. The summed E-state index contributed by atoms with van der Waals surface area (Å²) in [4.78, 5) is 11.1. The maximum absolute atomic E-state index is 11.1. The minimum Gasteiger partial charge on any atom is -0.463 e. The van der Waals surface area contributed by atoms with E-state index in [0.29, 0.717) is 24.8 Å². The monoisotopic (exact) mass is 185 g/mol. The Kier molecular flexibility index (Phi) is 6.24. The van der Waals surface area contributed by atoms with Crippen molar-refractivity contribution in [2.45, 2.75) is 33.2 Å². The smallest absolute Gasteiger partial charge is 0.334 e. The van der Waals surface area contributed by atoms with Crippen LogP contribution in [0, 0.1) is 0 Å². The van der Waals surface area contributed by atoms with Gasteiger partial charge in [0.1, 0.15) is 0 Å². The highest BCUT2D eigenvalue weighted by Crippen LogP contribution is 1.95. The molecular weight excluding hydrogens is 166 g/mol. The lowest BCUT2D eigenvalue weighted by atomic mass is 10.2. The molecule has 0 aliphatic carbocycles. The van der Waals surface area contributed by atoms with Crippen LogP contribution in [0.5, 0.6) is 0 Å². The minimum atomic E-state index is -0.307. The van der Waals surface area contributed by atoms with Gasteiger partial charge in [-0.3, -0.25) is 0 Å². The first-order valence-electron chi connectivity index (χ1n) is 4.70. The molecule has 0 aliphatic heterocycles. The molecule has 0 aromatic rings. The van der Waals surface area contributed by atoms with Gasteiger partial charge in [-0.1, -0.05) is 13.5 Å². The highest BCUT2D eigenvalue weighted by Gasteiger charge is 2.07. The van der Waals surface area contributed by atoms with Gasteiger partial charge in [0, 0.05) is 18.2 Å². The third kappa shape index (κ3) is 5.42. The highest BCUT2D eigenvalue weighted by molar-refractivity contribution is 5.88. The van der Waals surface area contributed by atoms with E-state index in [2.05, 4.69) is 25.7 Å². The van der Waals surface area contributed by atoms with Gasteiger partial charge >= 0.3 is 5.97 Å². The van der Waals surface area contributed by atoms with Crippen LogP contribution in [-0.2, 0) is 9.53 Å². The molecule has 0 fully saturated rings. The molecule has 0 saturated carbocycles. The number of ether oxygens (including phenoxy) is 1. The van der Waals surface area contributed by atoms with Crippen molar-refractivity contribution in [3.05, 3.63) is 12.2 Å². The molecule has 0 rings (SSSR count). The number of hydrogen-bond acceptors (Lipinski definition) is 3. The summed E-state index contributed by atoms with van der Waals surface area (Å²) in [5, 5.41) is 3.17. The van der Waals surface area contributed by atoms with Gasteiger partial charge in [0.25, 0.3) is 0 Å². The van der Waals surface area contributed by atoms with E-state index in [-0.39, 0.29) is 5.97 Å². The van der Waals surface area contributed by atoms with Gasteiger partial charge in [-0.05, 0) is 20.3 Å². The van der Waals surface area contributed by atoms with Gasteiger partial charge in [-0.15, -0.1) is 0 Å². The molecule has 0 aromatic heterocycles. The van der Waals surface area contributed by atoms with Gasteiger partial charge in [-0.25, -0.2) is 4.79 Å². The molecule has 0 aliphatic rings. The molecule has 0 amide bonds. The van der Waals surface area contributed by atoms with Crippen LogP contribution in [0.25, 0.3) is 0 Å². The number of esters is 1. The second kappa shape index (κ2) is 6.66. The lowest BCUT2D eigenvalue weighted by Gasteiger charge is -2.11. The van der Waals surface area contributed by atoms with E-state index in [1.165, 1.54) is 0 Å². The predicted molar refractivity (Wildman–Crippen MR) is 53.5 cm³/mol. The molecule has 76 valence electrons. The predicted octanol–water partition coefficient (Wildman–Crippen LogP) is 1.49.